The van der Waals surface area contributed by atoms with E-state index in [1.54, 1.807) is 35.5 Å². The third-order valence-corrected chi connectivity index (χ3v) is 27.5. The lowest BCUT2D eigenvalue weighted by Crippen LogP contribution is -2.51. The number of allylic oxidation sites excluding steroid dienone is 7. The SMILES string of the molecule is C=CCCCC(=O)N1CCC[C@H]1C(=O)N1CCC[C@H]1C(=O)CCC(=O)N[C@@H](Cc1ccc(C)cc1)C(=O)O.CCCCC/C=C\C/C=C\CCCCCCCC(=O)N1CCC[C@H]1C(=O)N1CCC[C@H]1C(=O)CCC(=O)N[C@@H](Cc1ccc(C)cc1)C(=O)O.CCCCCCCC/C=C\CCCCCCCC(=O)N1CCC[C@H]1C(=O)N1CCC[C@H]1C(=O)CCC(=O)N[C@@H](Cc1ccc(C)cc1)C(=O)O. The predicted octanol–water partition coefficient (Wildman–Crippen LogP) is 17.5. The van der Waals surface area contributed by atoms with Crippen molar-refractivity contribution in [2.75, 3.05) is 39.3 Å². The Bertz CT molecular complexity index is 4450. The summed E-state index contributed by atoms with van der Waals surface area (Å²) in [6.07, 6.45) is 53.7. The molecule has 6 N–H and O–H groups in total. The Morgan fingerprint density at radius 3 is 0.841 bits per heavy atom. The first-order valence-electron chi connectivity index (χ1n) is 52.3. The normalized spacial score (nSPS) is 18.6. The van der Waals surface area contributed by atoms with Crippen LogP contribution in [-0.2, 0) is 91.2 Å². The summed E-state index contributed by atoms with van der Waals surface area (Å²) in [5.74, 6) is -6.05. The summed E-state index contributed by atoms with van der Waals surface area (Å²) < 4.78 is 0. The third-order valence-electron chi connectivity index (χ3n) is 27.5. The molecule has 27 nitrogen and oxygen atoms in total. The number of hydrogen-bond donors (Lipinski definition) is 6. The molecule has 0 radical (unpaired) electrons. The highest BCUT2D eigenvalue weighted by Crippen LogP contribution is 2.32. The number of likely N-dealkylation sites (tertiary alicyclic amines) is 6. The van der Waals surface area contributed by atoms with Crippen molar-refractivity contribution in [1.82, 2.24) is 45.3 Å². The largest absolute Gasteiger partial charge is 0.480 e. The topological polar surface area (TPSA) is 372 Å². The fourth-order valence-corrected chi connectivity index (χ4v) is 19.4. The van der Waals surface area contributed by atoms with Crippen LogP contribution in [0.3, 0.4) is 0 Å². The van der Waals surface area contributed by atoms with Crippen LogP contribution in [0, 0.1) is 20.8 Å². The molecule has 6 aliphatic heterocycles. The number of carboxylic acids is 3. The number of Topliss-reactive ketones (excluding diaryl/α,β-unsaturated/α-hetero) is 3. The van der Waals surface area contributed by atoms with Crippen molar-refractivity contribution >= 4 is 88.4 Å². The van der Waals surface area contributed by atoms with Crippen LogP contribution < -0.4 is 16.0 Å². The molecule has 9 rings (SSSR count). The van der Waals surface area contributed by atoms with Gasteiger partial charge in [0.05, 0.1) is 18.1 Å². The van der Waals surface area contributed by atoms with Crippen molar-refractivity contribution in [3.63, 3.8) is 0 Å². The minimum atomic E-state index is -1.14. The molecule has 0 bridgehead atoms. The number of carboxylic acid groups (broad SMARTS) is 3. The van der Waals surface area contributed by atoms with E-state index in [9.17, 15) is 87.2 Å². The summed E-state index contributed by atoms with van der Waals surface area (Å²) in [5, 5.41) is 36.5. The lowest BCUT2D eigenvalue weighted by atomic mass is 10.0. The van der Waals surface area contributed by atoms with Crippen LogP contribution in [-0.4, -0.2) is 227 Å². The maximum absolute atomic E-state index is 13.7. The molecule has 6 heterocycles. The van der Waals surface area contributed by atoms with Crippen molar-refractivity contribution in [3.8, 4) is 0 Å². The van der Waals surface area contributed by atoms with Crippen LogP contribution >= 0.6 is 0 Å². The van der Waals surface area contributed by atoms with E-state index < -0.39 is 90.0 Å². The fourth-order valence-electron chi connectivity index (χ4n) is 19.4. The van der Waals surface area contributed by atoms with Gasteiger partial charge in [-0.25, -0.2) is 14.4 Å². The Hall–Kier alpha value is -10.7. The van der Waals surface area contributed by atoms with E-state index in [1.165, 1.54) is 83.5 Å². The quantitative estimate of drug-likeness (QED) is 0.0226. The average molecular weight is 1910 g/mol. The van der Waals surface area contributed by atoms with Crippen LogP contribution in [0.2, 0.25) is 0 Å². The molecule has 6 saturated heterocycles. The van der Waals surface area contributed by atoms with Gasteiger partial charge >= 0.3 is 17.9 Å². The first-order valence-corrected chi connectivity index (χ1v) is 52.3. The molecule has 27 heteroatoms. The smallest absolute Gasteiger partial charge is 0.326 e. The molecule has 0 aliphatic carbocycles. The summed E-state index contributed by atoms with van der Waals surface area (Å²) in [6, 6.07) is 15.6. The Morgan fingerprint density at radius 2 is 0.551 bits per heavy atom. The van der Waals surface area contributed by atoms with Gasteiger partial charge in [-0.2, -0.15) is 0 Å². The lowest BCUT2D eigenvalue weighted by molar-refractivity contribution is -0.146. The zero-order chi connectivity index (χ0) is 99.9. The number of carbonyl (C=O) groups excluding carboxylic acids is 12. The van der Waals surface area contributed by atoms with E-state index in [4.69, 9.17) is 0 Å². The Labute approximate surface area is 821 Å². The van der Waals surface area contributed by atoms with E-state index in [1.807, 2.05) is 93.6 Å². The molecule has 138 heavy (non-hydrogen) atoms. The number of aliphatic carboxylic acids is 3. The van der Waals surface area contributed by atoms with Crippen molar-refractivity contribution in [2.24, 2.45) is 0 Å². The number of amides is 9. The minimum absolute atomic E-state index is 0.0175. The van der Waals surface area contributed by atoms with Crippen LogP contribution in [0.5, 0.6) is 0 Å². The van der Waals surface area contributed by atoms with Crippen molar-refractivity contribution in [3.05, 3.63) is 155 Å². The second-order valence-electron chi connectivity index (χ2n) is 38.6. The monoisotopic (exact) mass is 1910 g/mol. The summed E-state index contributed by atoms with van der Waals surface area (Å²) in [5.41, 5.74) is 5.56. The summed E-state index contributed by atoms with van der Waals surface area (Å²) in [4.78, 5) is 202. The zero-order valence-corrected chi connectivity index (χ0v) is 83.6. The van der Waals surface area contributed by atoms with E-state index in [-0.39, 0.29) is 111 Å². The molecule has 6 aliphatic rings. The number of aryl methyl sites for hydroxylation is 3. The number of rotatable bonds is 60. The molecule has 0 unspecified atom stereocenters. The highest BCUT2D eigenvalue weighted by molar-refractivity contribution is 5.98. The number of carbonyl (C=O) groups is 15. The Morgan fingerprint density at radius 1 is 0.304 bits per heavy atom. The molecular formula is C111H163N9O18. The van der Waals surface area contributed by atoms with Gasteiger partial charge in [0.15, 0.2) is 17.3 Å². The van der Waals surface area contributed by atoms with E-state index >= 15 is 0 Å². The van der Waals surface area contributed by atoms with Gasteiger partial charge in [-0.05, 0) is 198 Å². The second kappa shape index (κ2) is 64.5. The van der Waals surface area contributed by atoms with Gasteiger partial charge in [-0.3, -0.25) is 57.5 Å². The number of hydrogen-bond acceptors (Lipinski definition) is 15. The highest BCUT2D eigenvalue weighted by Gasteiger charge is 2.46. The van der Waals surface area contributed by atoms with Gasteiger partial charge < -0.3 is 60.7 Å². The molecule has 3 aromatic rings. The zero-order valence-electron chi connectivity index (χ0n) is 83.6. The minimum Gasteiger partial charge on any atom is -0.480 e. The lowest BCUT2D eigenvalue weighted by Gasteiger charge is -2.31. The molecular weight excluding hydrogens is 1750 g/mol. The molecule has 6 fully saturated rings. The first kappa shape index (κ1) is 114. The number of nitrogens with one attached hydrogen (secondary N) is 3. The molecule has 760 valence electrons. The van der Waals surface area contributed by atoms with Gasteiger partial charge in [0.25, 0.3) is 0 Å². The van der Waals surface area contributed by atoms with Crippen LogP contribution in [0.1, 0.15) is 349 Å². The van der Waals surface area contributed by atoms with Crippen molar-refractivity contribution < 1.29 is 87.2 Å². The highest BCUT2D eigenvalue weighted by atomic mass is 16.4. The third kappa shape index (κ3) is 41.0. The molecule has 3 aromatic carbocycles. The summed E-state index contributed by atoms with van der Waals surface area (Å²) in [7, 11) is 0. The molecule has 9 amide bonds. The van der Waals surface area contributed by atoms with Crippen LogP contribution in [0.4, 0.5) is 0 Å². The standard InChI is InChI=1S/C41H63N3O6.C41H61N3O6.C29H39N3O6/c2*1-3-4-5-6-7-8-9-10-11-12-13-14-15-16-17-22-39(47)43-29-19-21-36(43)40(48)44-30-18-20-35(44)37(45)27-28-38(46)42-34(41(49)50)31-33-25-23-32(2)24-26-33;1-3-4-5-10-27(35)31-17-7-9-24(31)28(36)32-18-6-8-23(32)25(33)15-16-26(34)30-22(29(37)38)19-21-13-11-20(2)12-14-21/h10-11,23-26,34-36H,3-9,12-22,27-31H2,1-2H3,(H,42,46)(H,49,50);7-8,10-11,23-26,34-36H,3-6,9,12-22,27-31H2,1-2H3,(H,42,46)(H,49,50);3,11-14,22-24H,1,4-10,15-19H2,2H3,(H,30,34)(H,37,38)/b11-10-;8-7-,11-10-;/t2*34-,35-,36-;22-,23-,24-/m000/s1. The van der Waals surface area contributed by atoms with Crippen molar-refractivity contribution in [2.45, 2.75) is 410 Å². The fraction of sp³-hybridized carbons (Fsp3) is 0.631. The van der Waals surface area contributed by atoms with Crippen LogP contribution in [0.15, 0.2) is 122 Å². The van der Waals surface area contributed by atoms with Crippen molar-refractivity contribution in [1.29, 1.82) is 0 Å². The number of benzene rings is 3. The number of ketones is 3. The summed E-state index contributed by atoms with van der Waals surface area (Å²) in [6.45, 7) is 17.0. The number of unbranched alkanes of at least 4 members (excludes halogenated alkanes) is 20. The van der Waals surface area contributed by atoms with Gasteiger partial charge in [-0.15, -0.1) is 6.58 Å². The number of nitrogens with zero attached hydrogens (tertiary/aromatic N) is 6. The van der Waals surface area contributed by atoms with Gasteiger partial charge in [-0.1, -0.05) is 229 Å². The molecule has 9 atom stereocenters. The maximum Gasteiger partial charge on any atom is 0.326 e. The van der Waals surface area contributed by atoms with Gasteiger partial charge in [0.1, 0.15) is 36.3 Å². The van der Waals surface area contributed by atoms with Gasteiger partial charge in [0.2, 0.25) is 53.2 Å². The van der Waals surface area contributed by atoms with Gasteiger partial charge in [0, 0.05) is 116 Å². The van der Waals surface area contributed by atoms with Crippen LogP contribution in [0.25, 0.3) is 0 Å². The molecule has 0 saturated carbocycles. The first-order chi connectivity index (χ1) is 66.6. The molecule has 0 spiro atoms. The Kier molecular flexibility index (Phi) is 53.4. The molecule has 0 aromatic heterocycles. The maximum atomic E-state index is 13.7. The van der Waals surface area contributed by atoms with E-state index in [0.29, 0.717) is 123 Å². The predicted molar refractivity (Wildman–Crippen MR) is 537 cm³/mol. The van der Waals surface area contributed by atoms with E-state index in [2.05, 4.69) is 72.8 Å². The van der Waals surface area contributed by atoms with E-state index in [0.717, 1.165) is 130 Å². The second-order valence-corrected chi connectivity index (χ2v) is 38.6. The Balaban J connectivity index is 0.000000285. The average Bonchev–Trinajstić information content (AvgIpc) is 1.67. The summed E-state index contributed by atoms with van der Waals surface area (Å²) >= 11 is 0.